The van der Waals surface area contributed by atoms with Crippen LogP contribution in [0.4, 0.5) is 0 Å². The minimum Gasteiger partial charge on any atom is -0.309 e. The fourth-order valence-electron chi connectivity index (χ4n) is 8.94. The monoisotopic (exact) mass is 727 g/mol. The van der Waals surface area contributed by atoms with E-state index in [-0.39, 0.29) is 0 Å². The minimum absolute atomic E-state index is 0.627. The zero-order valence-corrected chi connectivity index (χ0v) is 30.8. The number of fused-ring (bicyclic) bond motifs is 9. The van der Waals surface area contributed by atoms with E-state index in [4.69, 9.17) is 9.97 Å². The van der Waals surface area contributed by atoms with Crippen molar-refractivity contribution in [1.29, 1.82) is 0 Å². The molecule has 266 valence electrons. The first-order chi connectivity index (χ1) is 28.3. The summed E-state index contributed by atoms with van der Waals surface area (Å²) in [5, 5.41) is 7.18. The predicted molar refractivity (Wildman–Crippen MR) is 236 cm³/mol. The Labute approximate surface area is 328 Å². The highest BCUT2D eigenvalue weighted by Crippen LogP contribution is 2.39. The van der Waals surface area contributed by atoms with Crippen molar-refractivity contribution < 1.29 is 0 Å². The van der Waals surface area contributed by atoms with Crippen LogP contribution in [0.5, 0.6) is 0 Å². The molecule has 4 heterocycles. The molecule has 0 atom stereocenters. The lowest BCUT2D eigenvalue weighted by atomic mass is 10.0. The summed E-state index contributed by atoms with van der Waals surface area (Å²) in [6.07, 6.45) is 0. The molecule has 0 unspecified atom stereocenters. The fraction of sp³-hybridized carbons (Fsp3) is 0. The Bertz CT molecular complexity index is 3460. The van der Waals surface area contributed by atoms with Gasteiger partial charge in [-0.1, -0.05) is 133 Å². The fourth-order valence-corrected chi connectivity index (χ4v) is 8.94. The number of aromatic nitrogens is 5. The van der Waals surface area contributed by atoms with E-state index in [0.717, 1.165) is 61.2 Å². The smallest absolute Gasteiger partial charge is 0.237 e. The van der Waals surface area contributed by atoms with Crippen molar-refractivity contribution in [2.75, 3.05) is 0 Å². The molecule has 0 spiro atoms. The molecular weight excluding hydrogens is 695 g/mol. The van der Waals surface area contributed by atoms with E-state index in [1.54, 1.807) is 0 Å². The quantitative estimate of drug-likeness (QED) is 0.177. The molecule has 12 rings (SSSR count). The lowest BCUT2D eigenvalue weighted by Gasteiger charge is -2.13. The van der Waals surface area contributed by atoms with Crippen LogP contribution in [0.1, 0.15) is 0 Å². The van der Waals surface area contributed by atoms with Crippen molar-refractivity contribution in [3.8, 4) is 39.8 Å². The molecule has 0 saturated heterocycles. The maximum atomic E-state index is 5.43. The molecule has 0 aliphatic rings. The van der Waals surface area contributed by atoms with Gasteiger partial charge >= 0.3 is 0 Å². The summed E-state index contributed by atoms with van der Waals surface area (Å²) in [6.45, 7) is 0. The van der Waals surface area contributed by atoms with E-state index in [0.29, 0.717) is 5.95 Å². The number of hydrogen-bond acceptors (Lipinski definition) is 2. The summed E-state index contributed by atoms with van der Waals surface area (Å²) >= 11 is 0. The van der Waals surface area contributed by atoms with Crippen LogP contribution in [0, 0.1) is 0 Å². The Morgan fingerprint density at radius 3 is 1.26 bits per heavy atom. The molecule has 0 N–H and O–H groups in total. The predicted octanol–water partition coefficient (Wildman–Crippen LogP) is 13.1. The average Bonchev–Trinajstić information content (AvgIpc) is 3.92. The lowest BCUT2D eigenvalue weighted by molar-refractivity contribution is 0.952. The second kappa shape index (κ2) is 12.4. The lowest BCUT2D eigenvalue weighted by Crippen LogP contribution is -2.07. The van der Waals surface area contributed by atoms with E-state index in [9.17, 15) is 0 Å². The van der Waals surface area contributed by atoms with Crippen LogP contribution in [0.25, 0.3) is 105 Å². The number of nitrogens with zero attached hydrogens (tertiary/aromatic N) is 5. The van der Waals surface area contributed by atoms with Crippen molar-refractivity contribution in [3.63, 3.8) is 0 Å². The average molecular weight is 728 g/mol. The second-order valence-corrected chi connectivity index (χ2v) is 14.7. The van der Waals surface area contributed by atoms with Gasteiger partial charge in [-0.2, -0.15) is 4.98 Å². The van der Waals surface area contributed by atoms with Crippen LogP contribution in [-0.4, -0.2) is 23.7 Å². The van der Waals surface area contributed by atoms with Gasteiger partial charge in [-0.15, -0.1) is 0 Å². The van der Waals surface area contributed by atoms with E-state index in [1.165, 1.54) is 38.1 Å². The molecular formula is C52H33N5. The number of para-hydroxylation sites is 5. The molecule has 5 heteroatoms. The van der Waals surface area contributed by atoms with Crippen LogP contribution in [0.15, 0.2) is 200 Å². The highest BCUT2D eigenvalue weighted by Gasteiger charge is 2.20. The summed E-state index contributed by atoms with van der Waals surface area (Å²) in [4.78, 5) is 10.8. The zero-order valence-electron chi connectivity index (χ0n) is 30.8. The summed E-state index contributed by atoms with van der Waals surface area (Å²) < 4.78 is 6.87. The standard InChI is InChI=1S/C52H33N5/c1-3-15-34(16-4-1)44-33-51(56-46-24-12-7-19-38(46)39-20-8-13-25-47(39)56)54-52(53-44)57-48-26-14-10-22-41(48)43-32-36(28-30-50(43)57)35-27-29-49-42(31-35)40-21-9-11-23-45(40)55(49)37-17-5-2-6-18-37/h1-33H. The van der Waals surface area contributed by atoms with Gasteiger partial charge in [-0.3, -0.25) is 9.13 Å². The van der Waals surface area contributed by atoms with Crippen molar-refractivity contribution in [2.45, 2.75) is 0 Å². The first kappa shape index (κ1) is 31.6. The van der Waals surface area contributed by atoms with E-state index >= 15 is 0 Å². The maximum absolute atomic E-state index is 5.43. The minimum atomic E-state index is 0.627. The third-order valence-electron chi connectivity index (χ3n) is 11.5. The molecule has 0 amide bonds. The van der Waals surface area contributed by atoms with Gasteiger partial charge in [0.1, 0.15) is 5.82 Å². The summed E-state index contributed by atoms with van der Waals surface area (Å²) in [5.41, 5.74) is 12.1. The Balaban J connectivity index is 1.08. The zero-order chi connectivity index (χ0) is 37.5. The van der Waals surface area contributed by atoms with Crippen LogP contribution in [0.3, 0.4) is 0 Å². The number of rotatable bonds is 5. The third-order valence-corrected chi connectivity index (χ3v) is 11.5. The SMILES string of the molecule is c1ccc(-c2cc(-n3c4ccccc4c4ccccc43)nc(-n3c4ccccc4c4cc(-c5ccc6c(c5)c5ccccc5n6-c5ccccc5)ccc43)n2)cc1. The van der Waals surface area contributed by atoms with Crippen molar-refractivity contribution >= 4 is 65.4 Å². The van der Waals surface area contributed by atoms with Gasteiger partial charge in [0.25, 0.3) is 0 Å². The van der Waals surface area contributed by atoms with Gasteiger partial charge in [-0.05, 0) is 71.8 Å². The Kier molecular flexibility index (Phi) is 6.86. The van der Waals surface area contributed by atoms with Crippen molar-refractivity contribution in [1.82, 2.24) is 23.7 Å². The van der Waals surface area contributed by atoms with Crippen LogP contribution >= 0.6 is 0 Å². The molecule has 0 fully saturated rings. The topological polar surface area (TPSA) is 40.6 Å². The normalized spacial score (nSPS) is 11.9. The highest BCUT2D eigenvalue weighted by atomic mass is 15.2. The van der Waals surface area contributed by atoms with Crippen molar-refractivity contribution in [3.05, 3.63) is 200 Å². The Hall–Kier alpha value is -7.76. The summed E-state index contributed by atoms with van der Waals surface area (Å²) in [5.74, 6) is 1.45. The summed E-state index contributed by atoms with van der Waals surface area (Å²) in [6, 6.07) is 71.3. The molecule has 0 aliphatic carbocycles. The molecule has 8 aromatic carbocycles. The molecule has 0 aliphatic heterocycles. The van der Waals surface area contributed by atoms with Gasteiger partial charge in [-0.25, -0.2) is 4.98 Å². The van der Waals surface area contributed by atoms with Gasteiger partial charge in [0, 0.05) is 49.6 Å². The van der Waals surface area contributed by atoms with Gasteiger partial charge < -0.3 is 4.57 Å². The molecule has 0 saturated carbocycles. The van der Waals surface area contributed by atoms with Gasteiger partial charge in [0.15, 0.2) is 0 Å². The Morgan fingerprint density at radius 2 is 0.702 bits per heavy atom. The first-order valence-electron chi connectivity index (χ1n) is 19.3. The van der Waals surface area contributed by atoms with Crippen molar-refractivity contribution in [2.24, 2.45) is 0 Å². The van der Waals surface area contributed by atoms with Crippen LogP contribution < -0.4 is 0 Å². The number of benzene rings is 8. The van der Waals surface area contributed by atoms with Gasteiger partial charge in [0.2, 0.25) is 5.95 Å². The first-order valence-corrected chi connectivity index (χ1v) is 19.3. The van der Waals surface area contributed by atoms with E-state index in [2.05, 4.69) is 208 Å². The van der Waals surface area contributed by atoms with E-state index in [1.807, 2.05) is 6.07 Å². The summed E-state index contributed by atoms with van der Waals surface area (Å²) in [7, 11) is 0. The largest absolute Gasteiger partial charge is 0.309 e. The highest BCUT2D eigenvalue weighted by molar-refractivity contribution is 6.13. The molecule has 5 nitrogen and oxygen atoms in total. The molecule has 12 aromatic rings. The molecule has 0 radical (unpaired) electrons. The van der Waals surface area contributed by atoms with Crippen LogP contribution in [0.2, 0.25) is 0 Å². The van der Waals surface area contributed by atoms with Gasteiger partial charge in [0.05, 0.1) is 38.8 Å². The molecule has 4 aromatic heterocycles. The second-order valence-electron chi connectivity index (χ2n) is 14.7. The maximum Gasteiger partial charge on any atom is 0.237 e. The number of hydrogen-bond donors (Lipinski definition) is 0. The molecule has 0 bridgehead atoms. The third kappa shape index (κ3) is 4.82. The van der Waals surface area contributed by atoms with Crippen LogP contribution in [-0.2, 0) is 0 Å². The van der Waals surface area contributed by atoms with E-state index < -0.39 is 0 Å². The molecule has 57 heavy (non-hydrogen) atoms. The Morgan fingerprint density at radius 1 is 0.281 bits per heavy atom.